The topological polar surface area (TPSA) is 53.1 Å². The lowest BCUT2D eigenvalue weighted by Crippen LogP contribution is -2.42. The molecule has 3 N–H and O–H groups in total. The van der Waals surface area contributed by atoms with Gasteiger partial charge in [0, 0.05) is 18.5 Å². The molecule has 0 fully saturated rings. The molecule has 1 rings (SSSR count). The van der Waals surface area contributed by atoms with Gasteiger partial charge in [0.05, 0.1) is 12.4 Å². The van der Waals surface area contributed by atoms with Crippen molar-refractivity contribution in [2.45, 2.75) is 38.5 Å². The third kappa shape index (κ3) is 5.21. The summed E-state index contributed by atoms with van der Waals surface area (Å²) in [7, 11) is 0. The summed E-state index contributed by atoms with van der Waals surface area (Å²) in [5.41, 5.74) is 6.14. The van der Waals surface area contributed by atoms with Gasteiger partial charge in [0.1, 0.15) is 0 Å². The standard InChI is InChI=1S/C14H20F3N3/c1-10(2)20(9-14(15,16)17)12(8-13(18)19)11-6-4-3-5-7-11/h3-7,10,12H,8-9H2,1-2H3,(H3,18,19). The number of hydrogen-bond donors (Lipinski definition) is 2. The second kappa shape index (κ2) is 6.74. The van der Waals surface area contributed by atoms with E-state index in [1.165, 1.54) is 4.90 Å². The predicted molar refractivity (Wildman–Crippen MR) is 73.6 cm³/mol. The second-order valence-electron chi connectivity index (χ2n) is 5.04. The van der Waals surface area contributed by atoms with E-state index < -0.39 is 18.8 Å². The Morgan fingerprint density at radius 2 is 1.80 bits per heavy atom. The number of amidine groups is 1. The molecule has 1 atom stereocenters. The van der Waals surface area contributed by atoms with Crippen LogP contribution >= 0.6 is 0 Å². The highest BCUT2D eigenvalue weighted by Crippen LogP contribution is 2.30. The van der Waals surface area contributed by atoms with E-state index in [4.69, 9.17) is 11.1 Å². The van der Waals surface area contributed by atoms with Crippen LogP contribution in [0.3, 0.4) is 0 Å². The summed E-state index contributed by atoms with van der Waals surface area (Å²) in [6, 6.07) is 8.02. The first kappa shape index (κ1) is 16.5. The number of benzene rings is 1. The normalized spacial score (nSPS) is 13.8. The zero-order valence-electron chi connectivity index (χ0n) is 11.6. The van der Waals surface area contributed by atoms with E-state index in [1.807, 2.05) is 0 Å². The average Bonchev–Trinajstić information content (AvgIpc) is 2.33. The number of nitrogens with zero attached hydrogens (tertiary/aromatic N) is 1. The Morgan fingerprint density at radius 3 is 2.20 bits per heavy atom. The molecule has 3 nitrogen and oxygen atoms in total. The van der Waals surface area contributed by atoms with Crippen molar-refractivity contribution < 1.29 is 13.2 Å². The fraction of sp³-hybridized carbons (Fsp3) is 0.500. The van der Waals surface area contributed by atoms with Gasteiger partial charge < -0.3 is 5.73 Å². The highest BCUT2D eigenvalue weighted by atomic mass is 19.4. The molecule has 0 amide bonds. The summed E-state index contributed by atoms with van der Waals surface area (Å²) in [6.07, 6.45) is -4.20. The van der Waals surface area contributed by atoms with E-state index in [1.54, 1.807) is 44.2 Å². The summed E-state index contributed by atoms with van der Waals surface area (Å²) in [4.78, 5) is 1.33. The first-order chi connectivity index (χ1) is 9.20. The van der Waals surface area contributed by atoms with Gasteiger partial charge in [-0.25, -0.2) is 0 Å². The maximum absolute atomic E-state index is 12.8. The summed E-state index contributed by atoms with van der Waals surface area (Å²) >= 11 is 0. The third-order valence-electron chi connectivity index (χ3n) is 3.02. The van der Waals surface area contributed by atoms with Crippen LogP contribution in [0.1, 0.15) is 31.9 Å². The molecule has 1 aromatic carbocycles. The van der Waals surface area contributed by atoms with Gasteiger partial charge in [0.15, 0.2) is 0 Å². The van der Waals surface area contributed by atoms with Crippen LogP contribution in [0, 0.1) is 5.41 Å². The second-order valence-corrected chi connectivity index (χ2v) is 5.04. The summed E-state index contributed by atoms with van der Waals surface area (Å²) in [5.74, 6) is -0.119. The monoisotopic (exact) mass is 287 g/mol. The number of hydrogen-bond acceptors (Lipinski definition) is 2. The zero-order valence-corrected chi connectivity index (χ0v) is 11.6. The lowest BCUT2D eigenvalue weighted by molar-refractivity contribution is -0.155. The van der Waals surface area contributed by atoms with Gasteiger partial charge in [-0.15, -0.1) is 0 Å². The Morgan fingerprint density at radius 1 is 1.25 bits per heavy atom. The molecule has 0 aliphatic rings. The van der Waals surface area contributed by atoms with E-state index in [0.717, 1.165) is 5.56 Å². The Kier molecular flexibility index (Phi) is 5.56. The van der Waals surface area contributed by atoms with Gasteiger partial charge in [0.25, 0.3) is 0 Å². The fourth-order valence-corrected chi connectivity index (χ4v) is 2.17. The molecule has 1 aromatic rings. The minimum Gasteiger partial charge on any atom is -0.388 e. The van der Waals surface area contributed by atoms with Gasteiger partial charge in [-0.05, 0) is 19.4 Å². The van der Waals surface area contributed by atoms with Gasteiger partial charge in [0.2, 0.25) is 0 Å². The van der Waals surface area contributed by atoms with Crippen LogP contribution < -0.4 is 5.73 Å². The van der Waals surface area contributed by atoms with Crippen LogP contribution in [-0.4, -0.2) is 29.5 Å². The van der Waals surface area contributed by atoms with Crippen LogP contribution in [-0.2, 0) is 0 Å². The quantitative estimate of drug-likeness (QED) is 0.623. The molecule has 0 aliphatic heterocycles. The number of nitrogens with two attached hydrogens (primary N) is 1. The van der Waals surface area contributed by atoms with E-state index in [-0.39, 0.29) is 18.3 Å². The van der Waals surface area contributed by atoms with E-state index in [2.05, 4.69) is 0 Å². The first-order valence-electron chi connectivity index (χ1n) is 6.41. The molecule has 0 saturated carbocycles. The van der Waals surface area contributed by atoms with Crippen molar-refractivity contribution >= 4 is 5.84 Å². The van der Waals surface area contributed by atoms with Crippen molar-refractivity contribution in [3.63, 3.8) is 0 Å². The van der Waals surface area contributed by atoms with Gasteiger partial charge >= 0.3 is 6.18 Å². The number of halogens is 3. The Hall–Kier alpha value is -1.56. The van der Waals surface area contributed by atoms with Crippen LogP contribution in [0.25, 0.3) is 0 Å². The molecule has 6 heteroatoms. The summed E-state index contributed by atoms with van der Waals surface area (Å²) in [5, 5.41) is 7.41. The molecular formula is C14H20F3N3. The van der Waals surface area contributed by atoms with Gasteiger partial charge in [-0.3, -0.25) is 10.3 Å². The lowest BCUT2D eigenvalue weighted by Gasteiger charge is -2.35. The van der Waals surface area contributed by atoms with Gasteiger partial charge in [-0.2, -0.15) is 13.2 Å². The lowest BCUT2D eigenvalue weighted by atomic mass is 10.00. The van der Waals surface area contributed by atoms with Crippen LogP contribution in [0.5, 0.6) is 0 Å². The SMILES string of the molecule is CC(C)N(CC(F)(F)F)C(CC(=N)N)c1ccccc1. The van der Waals surface area contributed by atoms with Crippen molar-refractivity contribution in [2.75, 3.05) is 6.54 Å². The Balaban J connectivity index is 3.08. The highest BCUT2D eigenvalue weighted by Gasteiger charge is 2.35. The predicted octanol–water partition coefficient (Wildman–Crippen LogP) is 3.33. The third-order valence-corrected chi connectivity index (χ3v) is 3.02. The van der Waals surface area contributed by atoms with E-state index >= 15 is 0 Å². The molecule has 0 aromatic heterocycles. The molecule has 0 saturated heterocycles. The molecule has 0 spiro atoms. The van der Waals surface area contributed by atoms with Crippen LogP contribution in [0.2, 0.25) is 0 Å². The number of rotatable bonds is 6. The Bertz CT molecular complexity index is 429. The first-order valence-corrected chi connectivity index (χ1v) is 6.41. The molecule has 20 heavy (non-hydrogen) atoms. The minimum atomic E-state index is -4.28. The van der Waals surface area contributed by atoms with Gasteiger partial charge in [-0.1, -0.05) is 30.3 Å². The fourth-order valence-electron chi connectivity index (χ4n) is 2.17. The Labute approximate surface area is 117 Å². The number of alkyl halides is 3. The summed E-state index contributed by atoms with van der Waals surface area (Å²) < 4.78 is 38.3. The molecule has 0 radical (unpaired) electrons. The van der Waals surface area contributed by atoms with E-state index in [0.29, 0.717) is 0 Å². The highest BCUT2D eigenvalue weighted by molar-refractivity contribution is 5.77. The molecular weight excluding hydrogens is 267 g/mol. The smallest absolute Gasteiger partial charge is 0.388 e. The van der Waals surface area contributed by atoms with E-state index in [9.17, 15) is 13.2 Å². The minimum absolute atomic E-state index is 0.0816. The van der Waals surface area contributed by atoms with Crippen molar-refractivity contribution in [1.29, 1.82) is 5.41 Å². The zero-order chi connectivity index (χ0) is 15.3. The number of nitrogens with one attached hydrogen (secondary N) is 1. The van der Waals surface area contributed by atoms with Crippen molar-refractivity contribution in [3.05, 3.63) is 35.9 Å². The molecule has 0 heterocycles. The van der Waals surface area contributed by atoms with Crippen LogP contribution in [0.4, 0.5) is 13.2 Å². The van der Waals surface area contributed by atoms with Crippen molar-refractivity contribution in [3.8, 4) is 0 Å². The molecule has 1 unspecified atom stereocenters. The molecule has 112 valence electrons. The largest absolute Gasteiger partial charge is 0.401 e. The van der Waals surface area contributed by atoms with Crippen molar-refractivity contribution in [1.82, 2.24) is 4.90 Å². The maximum atomic E-state index is 12.8. The maximum Gasteiger partial charge on any atom is 0.401 e. The molecule has 0 aliphatic carbocycles. The van der Waals surface area contributed by atoms with Crippen LogP contribution in [0.15, 0.2) is 30.3 Å². The summed E-state index contributed by atoms with van der Waals surface area (Å²) in [6.45, 7) is 2.40. The average molecular weight is 287 g/mol. The molecule has 0 bridgehead atoms. The van der Waals surface area contributed by atoms with Crippen molar-refractivity contribution in [2.24, 2.45) is 5.73 Å².